The molecule has 0 aliphatic rings. The van der Waals surface area contributed by atoms with Crippen molar-refractivity contribution in [1.82, 2.24) is 0 Å². The van der Waals surface area contributed by atoms with Gasteiger partial charge in [0.15, 0.2) is 11.1 Å². The van der Waals surface area contributed by atoms with Crippen molar-refractivity contribution in [3.8, 4) is 0 Å². The van der Waals surface area contributed by atoms with Gasteiger partial charge in [-0.25, -0.2) is 4.21 Å². The fourth-order valence-corrected chi connectivity index (χ4v) is 0.123. The van der Waals surface area contributed by atoms with Gasteiger partial charge in [-0.15, -0.1) is 0 Å². The lowest BCUT2D eigenvalue weighted by Crippen LogP contribution is -2.28. The summed E-state index contributed by atoms with van der Waals surface area (Å²) in [4.78, 5) is -1.15. The summed E-state index contributed by atoms with van der Waals surface area (Å²) in [5, 5.41) is 0. The highest BCUT2D eigenvalue weighted by atomic mass is 32.2. The second-order valence-corrected chi connectivity index (χ2v) is 3.25. The summed E-state index contributed by atoms with van der Waals surface area (Å²) in [5.41, 5.74) is 0. The Morgan fingerprint density at radius 3 is 2.12 bits per heavy atom. The lowest BCUT2D eigenvalue weighted by molar-refractivity contribution is 0.209. The predicted molar refractivity (Wildman–Crippen MR) is 31.7 cm³/mol. The molecule has 0 spiro atoms. The molecule has 0 saturated heterocycles. The molecule has 0 heterocycles. The van der Waals surface area contributed by atoms with Crippen LogP contribution in [-0.2, 0) is 15.7 Å². The molecule has 0 amide bonds. The first kappa shape index (κ1) is 8.13. The van der Waals surface area contributed by atoms with Crippen LogP contribution in [0, 0.1) is 0 Å². The van der Waals surface area contributed by atoms with Gasteiger partial charge in [-0.1, -0.05) is 0 Å². The van der Waals surface area contributed by atoms with E-state index in [1.165, 1.54) is 13.8 Å². The van der Waals surface area contributed by atoms with Crippen LogP contribution < -0.4 is 0 Å². The summed E-state index contributed by atoms with van der Waals surface area (Å²) in [6.45, 7) is 2.84. The highest BCUT2D eigenvalue weighted by molar-refractivity contribution is 7.80. The third-order valence-electron chi connectivity index (χ3n) is 0.704. The van der Waals surface area contributed by atoms with Crippen molar-refractivity contribution in [3.05, 3.63) is 0 Å². The lowest BCUT2D eigenvalue weighted by Gasteiger charge is -2.17. The average molecular weight is 134 g/mol. The molecule has 1 atom stereocenters. The van der Waals surface area contributed by atoms with Crippen LogP contribution in [0.1, 0.15) is 13.8 Å². The summed E-state index contributed by atoms with van der Waals surface area (Å²) >= 11 is -2.02. The molecule has 0 aromatic carbocycles. The average Bonchev–Trinajstić information content (AvgIpc) is 1.67. The van der Waals surface area contributed by atoms with Crippen LogP contribution in [0.4, 0.5) is 0 Å². The number of rotatable bonds is 2. The van der Waals surface area contributed by atoms with Gasteiger partial charge in [-0.05, 0) is 13.8 Å². The molecule has 0 rings (SSSR count). The molecular formula is C3H7BO3S. The Morgan fingerprint density at radius 2 is 2.12 bits per heavy atom. The molecule has 0 bridgehead atoms. The first-order valence-corrected chi connectivity index (χ1v) is 3.10. The van der Waals surface area contributed by atoms with Crippen molar-refractivity contribution in [2.45, 2.75) is 18.8 Å². The molecule has 1 N–H and O–H groups in total. The van der Waals surface area contributed by atoms with Crippen LogP contribution in [-0.4, -0.2) is 21.7 Å². The van der Waals surface area contributed by atoms with Gasteiger partial charge < -0.3 is 9.21 Å². The SMILES string of the molecule is [B]OC(C)(C)S(=O)O. The van der Waals surface area contributed by atoms with Gasteiger partial charge in [0.05, 0.1) is 0 Å². The van der Waals surface area contributed by atoms with Crippen molar-refractivity contribution in [2.24, 2.45) is 0 Å². The third-order valence-corrected chi connectivity index (χ3v) is 1.64. The molecule has 2 radical (unpaired) electrons. The van der Waals surface area contributed by atoms with E-state index in [-0.39, 0.29) is 0 Å². The van der Waals surface area contributed by atoms with E-state index in [4.69, 9.17) is 4.55 Å². The van der Waals surface area contributed by atoms with Crippen LogP contribution in [0.3, 0.4) is 0 Å². The standard InChI is InChI=1S/C3H7BO3S/c1-3(2,7-4)8(5)6/h1-2H3,(H,5,6). The predicted octanol–water partition coefficient (Wildman–Crippen LogP) is 0.0443. The van der Waals surface area contributed by atoms with Crippen molar-refractivity contribution in [3.63, 3.8) is 0 Å². The summed E-state index contributed by atoms with van der Waals surface area (Å²) in [5.74, 6) is 0. The molecule has 0 aromatic rings. The molecule has 8 heavy (non-hydrogen) atoms. The van der Waals surface area contributed by atoms with Gasteiger partial charge in [0.1, 0.15) is 4.93 Å². The smallest absolute Gasteiger partial charge is 0.284 e. The Balaban J connectivity index is 3.91. The molecule has 0 fully saturated rings. The monoisotopic (exact) mass is 134 g/mol. The lowest BCUT2D eigenvalue weighted by atomic mass is 10.4. The Labute approximate surface area is 52.1 Å². The van der Waals surface area contributed by atoms with E-state index >= 15 is 0 Å². The van der Waals surface area contributed by atoms with E-state index in [0.29, 0.717) is 0 Å². The molecular weight excluding hydrogens is 127 g/mol. The van der Waals surface area contributed by atoms with Gasteiger partial charge >= 0.3 is 0 Å². The second kappa shape index (κ2) is 2.61. The van der Waals surface area contributed by atoms with E-state index in [9.17, 15) is 4.21 Å². The molecule has 3 nitrogen and oxygen atoms in total. The quantitative estimate of drug-likeness (QED) is 0.428. The zero-order valence-corrected chi connectivity index (χ0v) is 5.57. The Kier molecular flexibility index (Phi) is 2.66. The fraction of sp³-hybridized carbons (Fsp3) is 1.00. The van der Waals surface area contributed by atoms with E-state index in [1.807, 2.05) is 0 Å². The Morgan fingerprint density at radius 1 is 1.75 bits per heavy atom. The van der Waals surface area contributed by atoms with Crippen molar-refractivity contribution >= 4 is 19.1 Å². The molecule has 46 valence electrons. The largest absolute Gasteiger partial charge is 0.431 e. The molecule has 0 aliphatic carbocycles. The zero-order chi connectivity index (χ0) is 6.78. The van der Waals surface area contributed by atoms with Gasteiger partial charge in [-0.3, -0.25) is 0 Å². The number of hydrogen-bond acceptors (Lipinski definition) is 2. The Hall–Kier alpha value is 0.135. The third kappa shape index (κ3) is 1.94. The first-order chi connectivity index (χ1) is 3.50. The van der Waals surface area contributed by atoms with Crippen LogP contribution in [0.5, 0.6) is 0 Å². The van der Waals surface area contributed by atoms with E-state index in [2.05, 4.69) is 12.7 Å². The molecule has 5 heteroatoms. The highest BCUT2D eigenvalue weighted by Crippen LogP contribution is 2.09. The van der Waals surface area contributed by atoms with Gasteiger partial charge in [0.2, 0.25) is 0 Å². The highest BCUT2D eigenvalue weighted by Gasteiger charge is 2.22. The second-order valence-electron chi connectivity index (χ2n) is 1.77. The zero-order valence-electron chi connectivity index (χ0n) is 4.75. The topological polar surface area (TPSA) is 46.5 Å². The maximum atomic E-state index is 10.2. The van der Waals surface area contributed by atoms with Crippen LogP contribution in [0.2, 0.25) is 0 Å². The number of hydrogen-bond donors (Lipinski definition) is 1. The molecule has 1 unspecified atom stereocenters. The maximum Gasteiger partial charge on any atom is 0.284 e. The van der Waals surface area contributed by atoms with Gasteiger partial charge in [0, 0.05) is 0 Å². The summed E-state index contributed by atoms with van der Waals surface area (Å²) < 4.78 is 22.7. The molecule has 0 aromatic heterocycles. The Bertz CT molecular complexity index is 103. The van der Waals surface area contributed by atoms with Crippen LogP contribution >= 0.6 is 0 Å². The van der Waals surface area contributed by atoms with Crippen LogP contribution in [0.25, 0.3) is 0 Å². The van der Waals surface area contributed by atoms with E-state index < -0.39 is 16.0 Å². The van der Waals surface area contributed by atoms with Crippen molar-refractivity contribution in [1.29, 1.82) is 0 Å². The van der Waals surface area contributed by atoms with Crippen molar-refractivity contribution in [2.75, 3.05) is 0 Å². The molecule has 0 saturated carbocycles. The summed E-state index contributed by atoms with van der Waals surface area (Å²) in [6.07, 6.45) is 0. The summed E-state index contributed by atoms with van der Waals surface area (Å²) in [7, 11) is 4.65. The van der Waals surface area contributed by atoms with Crippen LogP contribution in [0.15, 0.2) is 0 Å². The minimum Gasteiger partial charge on any atom is -0.431 e. The maximum absolute atomic E-state index is 10.2. The normalized spacial score (nSPS) is 15.9. The van der Waals surface area contributed by atoms with E-state index in [0.717, 1.165) is 0 Å². The minimum atomic E-state index is -2.02. The van der Waals surface area contributed by atoms with Gasteiger partial charge in [0.25, 0.3) is 8.05 Å². The minimum absolute atomic E-state index is 1.15. The molecule has 0 aliphatic heterocycles. The van der Waals surface area contributed by atoms with Crippen molar-refractivity contribution < 1.29 is 13.4 Å². The fourth-order valence-electron chi connectivity index (χ4n) is 0.0412. The van der Waals surface area contributed by atoms with E-state index in [1.54, 1.807) is 0 Å². The first-order valence-electron chi connectivity index (χ1n) is 1.99. The van der Waals surface area contributed by atoms with Gasteiger partial charge in [-0.2, -0.15) is 0 Å². The summed E-state index contributed by atoms with van der Waals surface area (Å²) in [6, 6.07) is 0.